The molecule has 1 saturated carbocycles. The predicted octanol–water partition coefficient (Wildman–Crippen LogP) is 3.00. The molecular formula is C17H24N2O3S2. The van der Waals surface area contributed by atoms with E-state index in [1.807, 2.05) is 26.8 Å². The number of nitrogens with zero attached hydrogens (tertiary/aromatic N) is 1. The van der Waals surface area contributed by atoms with Crippen LogP contribution in [0.15, 0.2) is 28.0 Å². The Bertz CT molecular complexity index is 765. The number of carbonyl (C=O) groups excluding carboxylic acids is 1. The van der Waals surface area contributed by atoms with E-state index in [4.69, 9.17) is 0 Å². The molecule has 1 unspecified atom stereocenters. The Labute approximate surface area is 148 Å². The van der Waals surface area contributed by atoms with Gasteiger partial charge in [0.25, 0.3) is 0 Å². The maximum atomic E-state index is 12.6. The quantitative estimate of drug-likeness (QED) is 0.891. The van der Waals surface area contributed by atoms with Crippen LogP contribution in [0.2, 0.25) is 0 Å². The van der Waals surface area contributed by atoms with Crippen molar-refractivity contribution in [2.45, 2.75) is 61.1 Å². The van der Waals surface area contributed by atoms with Crippen LogP contribution in [0.5, 0.6) is 0 Å². The van der Waals surface area contributed by atoms with Crippen LogP contribution >= 0.6 is 11.8 Å². The van der Waals surface area contributed by atoms with Crippen LogP contribution in [0, 0.1) is 5.92 Å². The van der Waals surface area contributed by atoms with Crippen molar-refractivity contribution < 1.29 is 13.2 Å². The average molecular weight is 369 g/mol. The van der Waals surface area contributed by atoms with Crippen molar-refractivity contribution in [2.24, 2.45) is 5.92 Å². The Morgan fingerprint density at radius 3 is 2.54 bits per heavy atom. The molecule has 0 saturated heterocycles. The molecule has 1 aromatic rings. The van der Waals surface area contributed by atoms with E-state index < -0.39 is 15.6 Å². The number of anilines is 1. The van der Waals surface area contributed by atoms with Crippen molar-refractivity contribution in [3.63, 3.8) is 0 Å². The van der Waals surface area contributed by atoms with Gasteiger partial charge in [-0.15, -0.1) is 11.8 Å². The molecular weight excluding hydrogens is 344 g/mol. The third-order valence-electron chi connectivity index (χ3n) is 3.93. The van der Waals surface area contributed by atoms with E-state index in [2.05, 4.69) is 11.6 Å². The molecule has 0 radical (unpaired) electrons. The van der Waals surface area contributed by atoms with E-state index in [0.717, 1.165) is 23.4 Å². The number of fused-ring (bicyclic) bond motifs is 1. The normalized spacial score (nSPS) is 21.5. The number of benzene rings is 1. The van der Waals surface area contributed by atoms with Gasteiger partial charge in [0, 0.05) is 28.1 Å². The third kappa shape index (κ3) is 3.78. The number of carbonyl (C=O) groups is 1. The molecule has 1 fully saturated rings. The maximum absolute atomic E-state index is 12.6. The molecule has 0 aromatic heterocycles. The number of sulfonamides is 1. The van der Waals surface area contributed by atoms with Crippen molar-refractivity contribution in [3.05, 3.63) is 18.2 Å². The second-order valence-electron chi connectivity index (χ2n) is 7.64. The van der Waals surface area contributed by atoms with Crippen LogP contribution in [-0.2, 0) is 14.8 Å². The lowest BCUT2D eigenvalue weighted by Gasteiger charge is -2.33. The largest absolute Gasteiger partial charge is 0.310 e. The third-order valence-corrected chi connectivity index (χ3v) is 6.84. The molecule has 1 amide bonds. The van der Waals surface area contributed by atoms with Crippen LogP contribution in [-0.4, -0.2) is 31.7 Å². The summed E-state index contributed by atoms with van der Waals surface area (Å²) in [5, 5.41) is 0.301. The number of rotatable bonds is 3. The molecule has 1 N–H and O–H groups in total. The topological polar surface area (TPSA) is 66.5 Å². The molecule has 1 aliphatic carbocycles. The molecule has 7 heteroatoms. The summed E-state index contributed by atoms with van der Waals surface area (Å²) in [6, 6.07) is 5.08. The van der Waals surface area contributed by atoms with E-state index in [1.54, 1.807) is 28.8 Å². The molecule has 24 heavy (non-hydrogen) atoms. The summed E-state index contributed by atoms with van der Waals surface area (Å²) in [6.45, 7) is 8.14. The Morgan fingerprint density at radius 1 is 1.29 bits per heavy atom. The SMILES string of the molecule is CC1CN(C(=O)C2CC2)c2cc(S(=O)(=O)NC(C)(C)C)ccc2S1. The number of hydrogen-bond acceptors (Lipinski definition) is 4. The molecule has 1 aliphatic heterocycles. The van der Waals surface area contributed by atoms with Crippen molar-refractivity contribution in [1.29, 1.82) is 0 Å². The zero-order valence-electron chi connectivity index (χ0n) is 14.5. The van der Waals surface area contributed by atoms with Crippen LogP contribution in [0.4, 0.5) is 5.69 Å². The molecule has 5 nitrogen and oxygen atoms in total. The maximum Gasteiger partial charge on any atom is 0.241 e. The van der Waals surface area contributed by atoms with Gasteiger partial charge in [0.15, 0.2) is 0 Å². The van der Waals surface area contributed by atoms with Crippen molar-refractivity contribution >= 4 is 33.4 Å². The van der Waals surface area contributed by atoms with Gasteiger partial charge in [-0.25, -0.2) is 13.1 Å². The lowest BCUT2D eigenvalue weighted by Crippen LogP contribution is -2.41. The smallest absolute Gasteiger partial charge is 0.241 e. The van der Waals surface area contributed by atoms with Gasteiger partial charge in [0.1, 0.15) is 0 Å². The van der Waals surface area contributed by atoms with E-state index >= 15 is 0 Å². The van der Waals surface area contributed by atoms with E-state index in [-0.39, 0.29) is 16.7 Å². The Morgan fingerprint density at radius 2 is 1.96 bits per heavy atom. The van der Waals surface area contributed by atoms with Gasteiger partial charge in [0.05, 0.1) is 10.6 Å². The Kier molecular flexibility index (Phi) is 4.47. The van der Waals surface area contributed by atoms with Crippen LogP contribution < -0.4 is 9.62 Å². The highest BCUT2D eigenvalue weighted by Crippen LogP contribution is 2.42. The van der Waals surface area contributed by atoms with Crippen molar-refractivity contribution in [1.82, 2.24) is 4.72 Å². The second kappa shape index (κ2) is 6.04. The predicted molar refractivity (Wildman–Crippen MR) is 96.9 cm³/mol. The fraction of sp³-hybridized carbons (Fsp3) is 0.588. The summed E-state index contributed by atoms with van der Waals surface area (Å²) in [4.78, 5) is 15.6. The average Bonchev–Trinajstić information content (AvgIpc) is 3.27. The first-order valence-electron chi connectivity index (χ1n) is 8.23. The number of nitrogens with one attached hydrogen (secondary N) is 1. The minimum atomic E-state index is -3.62. The Hall–Kier alpha value is -1.05. The highest BCUT2D eigenvalue weighted by Gasteiger charge is 2.37. The van der Waals surface area contributed by atoms with Gasteiger partial charge in [-0.2, -0.15) is 0 Å². The summed E-state index contributed by atoms with van der Waals surface area (Å²) in [5.74, 6) is 0.239. The summed E-state index contributed by atoms with van der Waals surface area (Å²) >= 11 is 1.69. The monoisotopic (exact) mass is 368 g/mol. The first-order valence-corrected chi connectivity index (χ1v) is 10.6. The fourth-order valence-electron chi connectivity index (χ4n) is 2.81. The first-order chi connectivity index (χ1) is 11.1. The van der Waals surface area contributed by atoms with Gasteiger partial charge < -0.3 is 4.90 Å². The number of amides is 1. The van der Waals surface area contributed by atoms with Gasteiger partial charge in [-0.05, 0) is 51.8 Å². The minimum absolute atomic E-state index is 0.112. The summed E-state index contributed by atoms with van der Waals surface area (Å²) in [5.41, 5.74) is 0.174. The standard InChI is InChI=1S/C17H24N2O3S2/c1-11-10-19(16(20)12-5-6-12)14-9-13(7-8-15(14)23-11)24(21,22)18-17(2,3)4/h7-9,11-12,18H,5-6,10H2,1-4H3. The summed E-state index contributed by atoms with van der Waals surface area (Å²) in [6.07, 6.45) is 1.88. The van der Waals surface area contributed by atoms with Crippen LogP contribution in [0.25, 0.3) is 0 Å². The first kappa shape index (κ1) is 17.8. The fourth-order valence-corrected chi connectivity index (χ4v) is 5.34. The lowest BCUT2D eigenvalue weighted by molar-refractivity contribution is -0.119. The zero-order valence-corrected chi connectivity index (χ0v) is 16.1. The highest BCUT2D eigenvalue weighted by atomic mass is 32.2. The van der Waals surface area contributed by atoms with Crippen LogP contribution in [0.3, 0.4) is 0 Å². The molecule has 3 rings (SSSR count). The molecule has 2 aliphatic rings. The molecule has 1 atom stereocenters. The minimum Gasteiger partial charge on any atom is -0.310 e. The lowest BCUT2D eigenvalue weighted by atomic mass is 10.1. The van der Waals surface area contributed by atoms with Crippen molar-refractivity contribution in [3.8, 4) is 0 Å². The van der Waals surface area contributed by atoms with Gasteiger partial charge in [-0.3, -0.25) is 4.79 Å². The number of hydrogen-bond donors (Lipinski definition) is 1. The summed E-state index contributed by atoms with van der Waals surface area (Å²) in [7, 11) is -3.62. The second-order valence-corrected chi connectivity index (χ2v) is 10.8. The van der Waals surface area contributed by atoms with Crippen LogP contribution in [0.1, 0.15) is 40.5 Å². The van der Waals surface area contributed by atoms with Crippen molar-refractivity contribution in [2.75, 3.05) is 11.4 Å². The zero-order chi connectivity index (χ0) is 17.7. The molecule has 0 spiro atoms. The van der Waals surface area contributed by atoms with E-state index in [9.17, 15) is 13.2 Å². The summed E-state index contributed by atoms with van der Waals surface area (Å²) < 4.78 is 27.9. The van der Waals surface area contributed by atoms with Gasteiger partial charge >= 0.3 is 0 Å². The number of thioether (sulfide) groups is 1. The highest BCUT2D eigenvalue weighted by molar-refractivity contribution is 8.00. The van der Waals surface area contributed by atoms with E-state index in [0.29, 0.717) is 11.8 Å². The molecule has 1 heterocycles. The van der Waals surface area contributed by atoms with Gasteiger partial charge in [0.2, 0.25) is 15.9 Å². The Balaban J connectivity index is 1.99. The molecule has 1 aromatic carbocycles. The van der Waals surface area contributed by atoms with E-state index in [1.165, 1.54) is 0 Å². The molecule has 132 valence electrons. The van der Waals surface area contributed by atoms with Gasteiger partial charge in [-0.1, -0.05) is 6.92 Å². The molecule has 0 bridgehead atoms.